The molecule has 9 aromatic rings. The van der Waals surface area contributed by atoms with Crippen molar-refractivity contribution in [1.29, 1.82) is 0 Å². The highest BCUT2D eigenvalue weighted by Crippen LogP contribution is 2.37. The van der Waals surface area contributed by atoms with Gasteiger partial charge < -0.3 is 0 Å². The van der Waals surface area contributed by atoms with Gasteiger partial charge in [-0.3, -0.25) is 0 Å². The Morgan fingerprint density at radius 3 is 1.06 bits per heavy atom. The van der Waals surface area contributed by atoms with Crippen LogP contribution in [0.2, 0.25) is 0 Å². The largest absolute Gasteiger partial charge is 0.208 e. The highest BCUT2D eigenvalue weighted by molar-refractivity contribution is 5.86. The average Bonchev–Trinajstić information content (AvgIpc) is 3.27. The predicted octanol–water partition coefficient (Wildman–Crippen LogP) is 13.2. The van der Waals surface area contributed by atoms with Crippen molar-refractivity contribution in [2.24, 2.45) is 0 Å². The van der Waals surface area contributed by atoms with Crippen molar-refractivity contribution in [3.8, 4) is 89.8 Å². The Balaban J connectivity index is 1.14. The fourth-order valence-corrected chi connectivity index (χ4v) is 7.03. The maximum Gasteiger partial charge on any atom is 0.164 e. The summed E-state index contributed by atoms with van der Waals surface area (Å²) in [7, 11) is 0. The Bertz CT molecular complexity index is 2670. The zero-order chi connectivity index (χ0) is 36.1. The molecule has 0 N–H and O–H groups in total. The van der Waals surface area contributed by atoms with Crippen LogP contribution < -0.4 is 0 Å². The van der Waals surface area contributed by atoms with Crippen molar-refractivity contribution in [3.63, 3.8) is 0 Å². The molecule has 0 radical (unpaired) electrons. The fraction of sp³-hybridized carbons (Fsp3) is 0. The number of nitrogens with zero attached hydrogens (tertiary/aromatic N) is 3. The molecule has 1 heterocycles. The highest BCUT2D eigenvalue weighted by atomic mass is 15.0. The normalized spacial score (nSPS) is 11.0. The molecule has 0 aliphatic rings. The van der Waals surface area contributed by atoms with Crippen molar-refractivity contribution in [2.45, 2.75) is 0 Å². The zero-order valence-corrected chi connectivity index (χ0v) is 29.5. The summed E-state index contributed by atoms with van der Waals surface area (Å²) in [6.07, 6.45) is 0. The molecule has 0 spiro atoms. The maximum atomic E-state index is 5.18. The van der Waals surface area contributed by atoms with Crippen LogP contribution in [0.4, 0.5) is 0 Å². The van der Waals surface area contributed by atoms with E-state index in [9.17, 15) is 0 Å². The van der Waals surface area contributed by atoms with Gasteiger partial charge in [-0.15, -0.1) is 0 Å². The van der Waals surface area contributed by atoms with Crippen LogP contribution in [0.15, 0.2) is 212 Å². The lowest BCUT2D eigenvalue weighted by atomic mass is 9.92. The lowest BCUT2D eigenvalue weighted by Crippen LogP contribution is -2.01. The summed E-state index contributed by atoms with van der Waals surface area (Å²) in [5.41, 5.74) is 14.3. The summed E-state index contributed by atoms with van der Waals surface area (Å²) in [6, 6.07) is 74.1. The van der Waals surface area contributed by atoms with Gasteiger partial charge in [-0.2, -0.15) is 0 Å². The summed E-state index contributed by atoms with van der Waals surface area (Å²) >= 11 is 0. The van der Waals surface area contributed by atoms with Crippen LogP contribution in [0.5, 0.6) is 0 Å². The average molecular weight is 690 g/mol. The number of rotatable bonds is 8. The van der Waals surface area contributed by atoms with Crippen molar-refractivity contribution in [3.05, 3.63) is 212 Å². The molecular weight excluding hydrogens is 655 g/mol. The topological polar surface area (TPSA) is 38.7 Å². The first-order valence-electron chi connectivity index (χ1n) is 18.2. The van der Waals surface area contributed by atoms with Crippen molar-refractivity contribution >= 4 is 0 Å². The molecule has 54 heavy (non-hydrogen) atoms. The smallest absolute Gasteiger partial charge is 0.164 e. The molecule has 0 aliphatic heterocycles. The summed E-state index contributed by atoms with van der Waals surface area (Å²) in [6.45, 7) is 0. The van der Waals surface area contributed by atoms with Crippen LogP contribution >= 0.6 is 0 Å². The fourth-order valence-electron chi connectivity index (χ4n) is 7.03. The first-order valence-corrected chi connectivity index (χ1v) is 18.2. The Morgan fingerprint density at radius 2 is 0.500 bits per heavy atom. The Morgan fingerprint density at radius 1 is 0.185 bits per heavy atom. The van der Waals surface area contributed by atoms with Gasteiger partial charge in [0.05, 0.1) is 0 Å². The molecule has 3 nitrogen and oxygen atoms in total. The SMILES string of the molecule is c1ccc(-c2ccc(-c3nc(-c4cccc(-c5ccccc5-c5ccc(-c6ccccc6)cc5)c4)nc(-c4ccccc4-c4ccccc4)n3)cc2)cc1. The van der Waals surface area contributed by atoms with Crippen molar-refractivity contribution in [1.82, 2.24) is 15.0 Å². The summed E-state index contributed by atoms with van der Waals surface area (Å²) < 4.78 is 0. The second-order valence-corrected chi connectivity index (χ2v) is 13.2. The molecule has 1 aromatic heterocycles. The lowest BCUT2D eigenvalue weighted by molar-refractivity contribution is 1.07. The van der Waals surface area contributed by atoms with E-state index >= 15 is 0 Å². The lowest BCUT2D eigenvalue weighted by Gasteiger charge is -2.14. The van der Waals surface area contributed by atoms with Crippen LogP contribution in [0.1, 0.15) is 0 Å². The minimum Gasteiger partial charge on any atom is -0.208 e. The van der Waals surface area contributed by atoms with Gasteiger partial charge in [0.2, 0.25) is 0 Å². The van der Waals surface area contributed by atoms with Gasteiger partial charge in [-0.25, -0.2) is 15.0 Å². The van der Waals surface area contributed by atoms with Gasteiger partial charge in [-0.05, 0) is 61.7 Å². The molecule has 0 fully saturated rings. The first kappa shape index (κ1) is 32.7. The minimum atomic E-state index is 0.622. The van der Waals surface area contributed by atoms with E-state index in [4.69, 9.17) is 15.0 Å². The van der Waals surface area contributed by atoms with E-state index in [1.165, 1.54) is 22.3 Å². The quantitative estimate of drug-likeness (QED) is 0.159. The van der Waals surface area contributed by atoms with Gasteiger partial charge in [0.15, 0.2) is 17.5 Å². The Hall–Kier alpha value is -7.23. The van der Waals surface area contributed by atoms with Crippen LogP contribution in [0.25, 0.3) is 89.8 Å². The van der Waals surface area contributed by atoms with E-state index in [0.29, 0.717) is 17.5 Å². The Labute approximate surface area is 316 Å². The molecule has 3 heteroatoms. The number of benzene rings is 8. The van der Waals surface area contributed by atoms with Crippen LogP contribution in [0.3, 0.4) is 0 Å². The third-order valence-corrected chi connectivity index (χ3v) is 9.80. The predicted molar refractivity (Wildman–Crippen MR) is 223 cm³/mol. The van der Waals surface area contributed by atoms with Gasteiger partial charge in [-0.1, -0.05) is 206 Å². The summed E-state index contributed by atoms with van der Waals surface area (Å²) in [4.78, 5) is 15.4. The molecule has 0 aliphatic carbocycles. The van der Waals surface area contributed by atoms with E-state index in [1.807, 2.05) is 24.3 Å². The molecule has 0 saturated carbocycles. The molecule has 254 valence electrons. The summed E-state index contributed by atoms with van der Waals surface area (Å²) in [5.74, 6) is 1.88. The Kier molecular flexibility index (Phi) is 8.94. The molecule has 0 amide bonds. The molecule has 9 rings (SSSR count). The van der Waals surface area contributed by atoms with E-state index < -0.39 is 0 Å². The van der Waals surface area contributed by atoms with E-state index in [0.717, 1.165) is 50.1 Å². The van der Waals surface area contributed by atoms with Crippen LogP contribution in [-0.2, 0) is 0 Å². The van der Waals surface area contributed by atoms with Crippen LogP contribution in [0, 0.1) is 0 Å². The maximum absolute atomic E-state index is 5.18. The molecule has 8 aromatic carbocycles. The highest BCUT2D eigenvalue weighted by Gasteiger charge is 2.17. The number of hydrogen-bond acceptors (Lipinski definition) is 3. The minimum absolute atomic E-state index is 0.622. The van der Waals surface area contributed by atoms with Gasteiger partial charge in [0.1, 0.15) is 0 Å². The summed E-state index contributed by atoms with van der Waals surface area (Å²) in [5, 5.41) is 0. The second kappa shape index (κ2) is 14.8. The standard InChI is InChI=1S/C51H35N3/c1-4-15-36(16-5-1)38-27-31-41(32-28-38)45-23-10-11-25-47(45)43-21-14-22-44(35-43)50-52-49(42-33-29-39(30-34-42)37-17-6-2-7-18-37)53-51(54-50)48-26-13-12-24-46(48)40-19-8-3-9-20-40/h1-35H. The zero-order valence-electron chi connectivity index (χ0n) is 29.5. The number of hydrogen-bond donors (Lipinski definition) is 0. The van der Waals surface area contributed by atoms with E-state index in [-0.39, 0.29) is 0 Å². The van der Waals surface area contributed by atoms with Crippen LogP contribution in [-0.4, -0.2) is 15.0 Å². The van der Waals surface area contributed by atoms with Crippen molar-refractivity contribution < 1.29 is 0 Å². The molecule has 0 unspecified atom stereocenters. The molecular formula is C51H35N3. The molecule has 0 atom stereocenters. The third-order valence-electron chi connectivity index (χ3n) is 9.80. The van der Waals surface area contributed by atoms with Gasteiger partial charge in [0, 0.05) is 16.7 Å². The first-order chi connectivity index (χ1) is 26.8. The molecule has 0 bridgehead atoms. The number of aromatic nitrogens is 3. The van der Waals surface area contributed by atoms with E-state index in [1.54, 1.807) is 0 Å². The third kappa shape index (κ3) is 6.74. The van der Waals surface area contributed by atoms with Gasteiger partial charge >= 0.3 is 0 Å². The second-order valence-electron chi connectivity index (χ2n) is 13.2. The van der Waals surface area contributed by atoms with Gasteiger partial charge in [0.25, 0.3) is 0 Å². The molecule has 0 saturated heterocycles. The van der Waals surface area contributed by atoms with E-state index in [2.05, 4.69) is 188 Å². The monoisotopic (exact) mass is 689 g/mol. The van der Waals surface area contributed by atoms with Crippen molar-refractivity contribution in [2.75, 3.05) is 0 Å².